The van der Waals surface area contributed by atoms with Gasteiger partial charge in [-0.1, -0.05) is 0 Å². The Bertz CT molecular complexity index is 855. The lowest BCUT2D eigenvalue weighted by Crippen LogP contribution is -2.50. The third-order valence-electron chi connectivity index (χ3n) is 6.45. The number of ether oxygens (including phenoxy) is 1. The zero-order chi connectivity index (χ0) is 20.5. The largest absolute Gasteiger partial charge is 0.383 e. The Labute approximate surface area is 175 Å². The summed E-state index contributed by atoms with van der Waals surface area (Å²) in [6, 6.07) is 3.67. The van der Waals surface area contributed by atoms with Gasteiger partial charge in [-0.2, -0.15) is 11.8 Å². The van der Waals surface area contributed by atoms with Gasteiger partial charge < -0.3 is 19.1 Å². The first-order valence-corrected chi connectivity index (χ1v) is 11.7. The van der Waals surface area contributed by atoms with Crippen molar-refractivity contribution in [1.82, 2.24) is 14.4 Å². The highest BCUT2D eigenvalue weighted by atomic mass is 32.2. The zero-order valence-electron chi connectivity index (χ0n) is 17.1. The van der Waals surface area contributed by atoms with Crippen LogP contribution in [0.25, 0.3) is 0 Å². The van der Waals surface area contributed by atoms with Crippen LogP contribution in [0.15, 0.2) is 16.9 Å². The van der Waals surface area contributed by atoms with Crippen molar-refractivity contribution in [3.63, 3.8) is 0 Å². The van der Waals surface area contributed by atoms with Crippen molar-refractivity contribution in [3.8, 4) is 0 Å². The van der Waals surface area contributed by atoms with Gasteiger partial charge in [-0.25, -0.2) is 0 Å². The van der Waals surface area contributed by atoms with Crippen LogP contribution < -0.4 is 5.56 Å². The van der Waals surface area contributed by atoms with E-state index in [0.29, 0.717) is 38.5 Å². The van der Waals surface area contributed by atoms with E-state index in [1.54, 1.807) is 34.4 Å². The van der Waals surface area contributed by atoms with Gasteiger partial charge in [0.1, 0.15) is 5.56 Å². The van der Waals surface area contributed by atoms with Gasteiger partial charge >= 0.3 is 0 Å². The van der Waals surface area contributed by atoms with Crippen molar-refractivity contribution in [2.45, 2.75) is 37.8 Å². The Morgan fingerprint density at radius 2 is 2.07 bits per heavy atom. The number of likely N-dealkylation sites (tertiary alicyclic amines) is 2. The van der Waals surface area contributed by atoms with E-state index in [0.717, 1.165) is 25.0 Å². The molecule has 4 rings (SSSR count). The minimum atomic E-state index is -0.186. The van der Waals surface area contributed by atoms with Crippen LogP contribution in [0.4, 0.5) is 0 Å². The fourth-order valence-corrected chi connectivity index (χ4v) is 5.58. The summed E-state index contributed by atoms with van der Waals surface area (Å²) in [4.78, 5) is 42.4. The minimum Gasteiger partial charge on any atom is -0.383 e. The molecule has 2 fully saturated rings. The first-order valence-electron chi connectivity index (χ1n) is 10.3. The van der Waals surface area contributed by atoms with Crippen molar-refractivity contribution in [3.05, 3.63) is 33.7 Å². The van der Waals surface area contributed by atoms with Crippen molar-refractivity contribution in [2.24, 2.45) is 5.92 Å². The third-order valence-corrected chi connectivity index (χ3v) is 6.99. The molecule has 2 bridgehead atoms. The molecule has 8 heteroatoms. The number of methoxy groups -OCH3 is 1. The van der Waals surface area contributed by atoms with E-state index in [2.05, 4.69) is 0 Å². The predicted octanol–water partition coefficient (Wildman–Crippen LogP) is 1.41. The van der Waals surface area contributed by atoms with E-state index in [9.17, 15) is 14.4 Å². The van der Waals surface area contributed by atoms with Crippen LogP contribution in [0.3, 0.4) is 0 Å². The number of pyridine rings is 1. The highest BCUT2D eigenvalue weighted by Crippen LogP contribution is 2.35. The van der Waals surface area contributed by atoms with E-state index < -0.39 is 0 Å². The van der Waals surface area contributed by atoms with Crippen LogP contribution >= 0.6 is 11.8 Å². The number of hydrogen-bond donors (Lipinski definition) is 0. The number of carbonyl (C=O) groups is 2. The second kappa shape index (κ2) is 8.52. The molecule has 1 aromatic rings. The molecule has 0 saturated carbocycles. The molecule has 3 aliphatic heterocycles. The molecule has 3 atom stereocenters. The summed E-state index contributed by atoms with van der Waals surface area (Å²) in [7, 11) is 1.64. The topological polar surface area (TPSA) is 71.8 Å². The molecule has 7 nitrogen and oxygen atoms in total. The Morgan fingerprint density at radius 1 is 1.24 bits per heavy atom. The second-order valence-electron chi connectivity index (χ2n) is 8.37. The van der Waals surface area contributed by atoms with Crippen molar-refractivity contribution in [2.75, 3.05) is 45.4 Å². The summed E-state index contributed by atoms with van der Waals surface area (Å²) in [5, 5.41) is 0. The molecule has 3 aliphatic rings. The fraction of sp³-hybridized carbons (Fsp3) is 0.667. The van der Waals surface area contributed by atoms with Crippen LogP contribution in [0.2, 0.25) is 0 Å². The maximum atomic E-state index is 13.2. The van der Waals surface area contributed by atoms with Gasteiger partial charge in [0.25, 0.3) is 11.5 Å². The molecule has 0 N–H and O–H groups in total. The van der Waals surface area contributed by atoms with Gasteiger partial charge in [0.15, 0.2) is 0 Å². The van der Waals surface area contributed by atoms with E-state index in [-0.39, 0.29) is 40.8 Å². The average molecular weight is 420 g/mol. The molecule has 2 saturated heterocycles. The van der Waals surface area contributed by atoms with Crippen molar-refractivity contribution >= 4 is 23.6 Å². The second-order valence-corrected chi connectivity index (χ2v) is 9.23. The average Bonchev–Trinajstić information content (AvgIpc) is 3.17. The Balaban J connectivity index is 1.59. The van der Waals surface area contributed by atoms with Crippen LogP contribution in [0.5, 0.6) is 0 Å². The highest BCUT2D eigenvalue weighted by molar-refractivity contribution is 7.99. The maximum absolute atomic E-state index is 13.2. The number of hydrogen-bond acceptors (Lipinski definition) is 5. The number of rotatable bonds is 5. The van der Waals surface area contributed by atoms with E-state index in [1.165, 1.54) is 0 Å². The standard InChI is InChI=1S/C21H29N3O4S/c1-28-12-16-4-3-7-23(16)20(26)17-5-6-18-15-8-14(10-24(18)21(17)27)9-22(11-15)19(25)13-29-2/h5-6,14-16H,3-4,7-13H2,1-2H3/t14-,15+,16-/m0/s1. The smallest absolute Gasteiger partial charge is 0.263 e. The van der Waals surface area contributed by atoms with E-state index >= 15 is 0 Å². The number of thioether (sulfide) groups is 1. The first-order chi connectivity index (χ1) is 14.0. The molecule has 1 aromatic heterocycles. The monoisotopic (exact) mass is 419 g/mol. The van der Waals surface area contributed by atoms with Gasteiger partial charge in [0.05, 0.1) is 18.4 Å². The number of piperidine rings is 1. The first kappa shape index (κ1) is 20.5. The zero-order valence-corrected chi connectivity index (χ0v) is 18.0. The van der Waals surface area contributed by atoms with Crippen LogP contribution in [0.1, 0.15) is 41.2 Å². The lowest BCUT2D eigenvalue weighted by atomic mass is 9.83. The minimum absolute atomic E-state index is 0.0447. The lowest BCUT2D eigenvalue weighted by molar-refractivity contribution is -0.131. The number of carbonyl (C=O) groups excluding carboxylic acids is 2. The maximum Gasteiger partial charge on any atom is 0.263 e. The molecule has 0 unspecified atom stereocenters. The Morgan fingerprint density at radius 3 is 2.83 bits per heavy atom. The lowest BCUT2D eigenvalue weighted by Gasteiger charge is -2.43. The summed E-state index contributed by atoms with van der Waals surface area (Å²) in [5.41, 5.74) is 1.03. The Kier molecular flexibility index (Phi) is 6.01. The molecule has 158 valence electrons. The molecule has 2 amide bonds. The van der Waals surface area contributed by atoms with Crippen LogP contribution in [-0.4, -0.2) is 77.6 Å². The number of nitrogens with zero attached hydrogens (tertiary/aromatic N) is 3. The molecule has 4 heterocycles. The van der Waals surface area contributed by atoms with Gasteiger partial charge in [-0.15, -0.1) is 0 Å². The summed E-state index contributed by atoms with van der Waals surface area (Å²) < 4.78 is 7.04. The van der Waals surface area contributed by atoms with Crippen molar-refractivity contribution < 1.29 is 14.3 Å². The van der Waals surface area contributed by atoms with E-state index in [1.807, 2.05) is 17.2 Å². The normalized spacial score (nSPS) is 25.8. The quantitative estimate of drug-likeness (QED) is 0.722. The number of fused-ring (bicyclic) bond motifs is 4. The van der Waals surface area contributed by atoms with Crippen molar-refractivity contribution in [1.29, 1.82) is 0 Å². The van der Waals surface area contributed by atoms with Crippen LogP contribution in [0, 0.1) is 5.92 Å². The predicted molar refractivity (Wildman–Crippen MR) is 112 cm³/mol. The summed E-state index contributed by atoms with van der Waals surface area (Å²) >= 11 is 1.54. The number of amides is 2. The molecule has 0 aliphatic carbocycles. The van der Waals surface area contributed by atoms with Crippen LogP contribution in [-0.2, 0) is 16.1 Å². The Hall–Kier alpha value is -1.80. The molecule has 29 heavy (non-hydrogen) atoms. The molecular formula is C21H29N3O4S. The summed E-state index contributed by atoms with van der Waals surface area (Å²) in [6.45, 7) is 3.11. The fourth-order valence-electron chi connectivity index (χ4n) is 5.15. The SMILES string of the molecule is COC[C@@H]1CCCN1C(=O)c1ccc2n(c1=O)C[C@H]1C[C@@H]2CN(C(=O)CSC)C1. The molecule has 0 radical (unpaired) electrons. The third kappa shape index (κ3) is 3.84. The van der Waals surface area contributed by atoms with Gasteiger partial charge in [-0.3, -0.25) is 14.4 Å². The summed E-state index contributed by atoms with van der Waals surface area (Å²) in [6.07, 6.45) is 4.79. The van der Waals surface area contributed by atoms with Gasteiger partial charge in [0.2, 0.25) is 5.91 Å². The van der Waals surface area contributed by atoms with Gasteiger partial charge in [0, 0.05) is 44.9 Å². The van der Waals surface area contributed by atoms with E-state index in [4.69, 9.17) is 4.74 Å². The molecule has 0 spiro atoms. The molecule has 0 aromatic carbocycles. The highest BCUT2D eigenvalue weighted by Gasteiger charge is 2.38. The molecular weight excluding hydrogens is 390 g/mol. The number of aromatic nitrogens is 1. The summed E-state index contributed by atoms with van der Waals surface area (Å²) in [5.74, 6) is 0.921. The van der Waals surface area contributed by atoms with Gasteiger partial charge in [-0.05, 0) is 43.6 Å².